The molecule has 5 heteroatoms. The molecule has 2 rings (SSSR count). The summed E-state index contributed by atoms with van der Waals surface area (Å²) in [4.78, 5) is 10.8. The lowest BCUT2D eigenvalue weighted by atomic mass is 10.1. The van der Waals surface area contributed by atoms with Gasteiger partial charge in [-0.15, -0.1) is 0 Å². The molecule has 2 unspecified atom stereocenters. The molecule has 18 heavy (non-hydrogen) atoms. The van der Waals surface area contributed by atoms with Gasteiger partial charge in [0, 0.05) is 12.7 Å². The SMILES string of the molecule is COC1CCCC1Nc1cccc(C)c1[N+](=O)[O-]. The first-order valence-electron chi connectivity index (χ1n) is 6.17. The molecule has 0 amide bonds. The maximum Gasteiger partial charge on any atom is 0.295 e. The molecule has 0 spiro atoms. The van der Waals surface area contributed by atoms with Crippen molar-refractivity contribution in [3.05, 3.63) is 33.9 Å². The monoisotopic (exact) mass is 250 g/mol. The van der Waals surface area contributed by atoms with Crippen molar-refractivity contribution in [3.8, 4) is 0 Å². The number of aryl methyl sites for hydroxylation is 1. The molecule has 1 saturated carbocycles. The maximum atomic E-state index is 11.1. The minimum atomic E-state index is -0.325. The van der Waals surface area contributed by atoms with Crippen LogP contribution in [0.3, 0.4) is 0 Å². The average molecular weight is 250 g/mol. The van der Waals surface area contributed by atoms with Crippen LogP contribution in [0.25, 0.3) is 0 Å². The zero-order chi connectivity index (χ0) is 13.1. The molecular weight excluding hydrogens is 232 g/mol. The molecule has 0 aromatic heterocycles. The molecule has 5 nitrogen and oxygen atoms in total. The van der Waals surface area contributed by atoms with Crippen molar-refractivity contribution in [1.29, 1.82) is 0 Å². The number of hydrogen-bond acceptors (Lipinski definition) is 4. The number of methoxy groups -OCH3 is 1. The molecule has 1 fully saturated rings. The summed E-state index contributed by atoms with van der Waals surface area (Å²) in [5, 5.41) is 14.4. The zero-order valence-corrected chi connectivity index (χ0v) is 10.7. The molecule has 2 atom stereocenters. The lowest BCUT2D eigenvalue weighted by Crippen LogP contribution is -2.30. The number of para-hydroxylation sites is 1. The topological polar surface area (TPSA) is 64.4 Å². The predicted molar refractivity (Wildman–Crippen MR) is 69.9 cm³/mol. The molecule has 0 heterocycles. The molecule has 0 bridgehead atoms. The van der Waals surface area contributed by atoms with E-state index in [1.807, 2.05) is 6.07 Å². The Bertz CT molecular complexity index is 448. The molecule has 1 aliphatic rings. The van der Waals surface area contributed by atoms with E-state index in [1.54, 1.807) is 26.2 Å². The highest BCUT2D eigenvalue weighted by Crippen LogP contribution is 2.32. The third-order valence-electron chi connectivity index (χ3n) is 3.52. The number of nitrogens with zero attached hydrogens (tertiary/aromatic N) is 1. The molecule has 0 saturated heterocycles. The Morgan fingerprint density at radius 2 is 2.22 bits per heavy atom. The fraction of sp³-hybridized carbons (Fsp3) is 0.538. The highest BCUT2D eigenvalue weighted by molar-refractivity contribution is 5.65. The second kappa shape index (κ2) is 5.35. The van der Waals surface area contributed by atoms with E-state index in [9.17, 15) is 10.1 Å². The average Bonchev–Trinajstić information content (AvgIpc) is 2.76. The van der Waals surface area contributed by atoms with Crippen molar-refractivity contribution >= 4 is 11.4 Å². The summed E-state index contributed by atoms with van der Waals surface area (Å²) in [6.45, 7) is 1.76. The van der Waals surface area contributed by atoms with Crippen LogP contribution in [-0.4, -0.2) is 24.2 Å². The highest BCUT2D eigenvalue weighted by Gasteiger charge is 2.29. The number of hydrogen-bond donors (Lipinski definition) is 1. The van der Waals surface area contributed by atoms with E-state index < -0.39 is 0 Å². The summed E-state index contributed by atoms with van der Waals surface area (Å²) >= 11 is 0. The first kappa shape index (κ1) is 12.8. The summed E-state index contributed by atoms with van der Waals surface area (Å²) in [5.41, 5.74) is 1.44. The van der Waals surface area contributed by atoms with E-state index in [1.165, 1.54) is 0 Å². The van der Waals surface area contributed by atoms with Gasteiger partial charge >= 0.3 is 0 Å². The summed E-state index contributed by atoms with van der Waals surface area (Å²) in [6, 6.07) is 5.51. The second-order valence-corrected chi connectivity index (χ2v) is 4.68. The second-order valence-electron chi connectivity index (χ2n) is 4.68. The van der Waals surface area contributed by atoms with Crippen molar-refractivity contribution in [1.82, 2.24) is 0 Å². The number of nitro benzene ring substituents is 1. The van der Waals surface area contributed by atoms with Crippen LogP contribution < -0.4 is 5.32 Å². The van der Waals surface area contributed by atoms with E-state index in [2.05, 4.69) is 5.32 Å². The molecule has 1 aromatic rings. The van der Waals surface area contributed by atoms with E-state index in [0.717, 1.165) is 19.3 Å². The van der Waals surface area contributed by atoms with Gasteiger partial charge in [-0.05, 0) is 32.3 Å². The van der Waals surface area contributed by atoms with Crippen LogP contribution in [0.5, 0.6) is 0 Å². The molecule has 0 radical (unpaired) electrons. The third-order valence-corrected chi connectivity index (χ3v) is 3.52. The van der Waals surface area contributed by atoms with E-state index in [4.69, 9.17) is 4.74 Å². The quantitative estimate of drug-likeness (QED) is 0.659. The van der Waals surface area contributed by atoms with Crippen molar-refractivity contribution in [3.63, 3.8) is 0 Å². The lowest BCUT2D eigenvalue weighted by Gasteiger charge is -2.20. The van der Waals surface area contributed by atoms with Gasteiger partial charge in [-0.3, -0.25) is 10.1 Å². The van der Waals surface area contributed by atoms with Crippen LogP contribution in [0.15, 0.2) is 18.2 Å². The van der Waals surface area contributed by atoms with Gasteiger partial charge in [-0.1, -0.05) is 12.1 Å². The van der Waals surface area contributed by atoms with Gasteiger partial charge in [0.1, 0.15) is 5.69 Å². The number of nitrogens with one attached hydrogen (secondary N) is 1. The maximum absolute atomic E-state index is 11.1. The third kappa shape index (κ3) is 2.46. The number of anilines is 1. The van der Waals surface area contributed by atoms with Crippen LogP contribution in [-0.2, 0) is 4.74 Å². The number of nitro groups is 1. The zero-order valence-electron chi connectivity index (χ0n) is 10.7. The van der Waals surface area contributed by atoms with E-state index in [0.29, 0.717) is 11.3 Å². The Morgan fingerprint density at radius 3 is 2.89 bits per heavy atom. The van der Waals surface area contributed by atoms with E-state index >= 15 is 0 Å². The molecule has 98 valence electrons. The Balaban J connectivity index is 2.23. The van der Waals surface area contributed by atoms with Gasteiger partial charge in [0.15, 0.2) is 0 Å². The largest absolute Gasteiger partial charge is 0.379 e. The van der Waals surface area contributed by atoms with Crippen LogP contribution in [0, 0.1) is 17.0 Å². The highest BCUT2D eigenvalue weighted by atomic mass is 16.6. The Labute approximate surface area is 106 Å². The Kier molecular flexibility index (Phi) is 3.81. The van der Waals surface area contributed by atoms with Gasteiger partial charge in [0.25, 0.3) is 5.69 Å². The molecular formula is C13H18N2O3. The normalized spacial score (nSPS) is 23.0. The molecule has 0 aliphatic heterocycles. The summed E-state index contributed by atoms with van der Waals surface area (Å²) < 4.78 is 5.39. The molecule has 1 N–H and O–H groups in total. The number of ether oxygens (including phenoxy) is 1. The first-order valence-corrected chi connectivity index (χ1v) is 6.17. The van der Waals surface area contributed by atoms with E-state index in [-0.39, 0.29) is 22.8 Å². The summed E-state index contributed by atoms with van der Waals surface area (Å²) in [6.07, 6.45) is 3.23. The fourth-order valence-corrected chi connectivity index (χ4v) is 2.59. The van der Waals surface area contributed by atoms with Crippen LogP contribution in [0.2, 0.25) is 0 Å². The van der Waals surface area contributed by atoms with Gasteiger partial charge in [-0.25, -0.2) is 0 Å². The number of rotatable bonds is 4. The molecule has 1 aliphatic carbocycles. The summed E-state index contributed by atoms with van der Waals surface area (Å²) in [7, 11) is 1.69. The van der Waals surface area contributed by atoms with Gasteiger partial charge in [0.05, 0.1) is 17.1 Å². The van der Waals surface area contributed by atoms with Gasteiger partial charge in [-0.2, -0.15) is 0 Å². The Hall–Kier alpha value is -1.62. The smallest absolute Gasteiger partial charge is 0.295 e. The van der Waals surface area contributed by atoms with Crippen molar-refractivity contribution in [2.45, 2.75) is 38.3 Å². The molecule has 1 aromatic carbocycles. The summed E-state index contributed by atoms with van der Waals surface area (Å²) in [5.74, 6) is 0. The standard InChI is InChI=1S/C13H18N2O3/c1-9-5-3-7-11(13(9)15(16)17)14-10-6-4-8-12(10)18-2/h3,5,7,10,12,14H,4,6,8H2,1-2H3. The van der Waals surface area contributed by atoms with Crippen molar-refractivity contribution < 1.29 is 9.66 Å². The van der Waals surface area contributed by atoms with Crippen molar-refractivity contribution in [2.24, 2.45) is 0 Å². The minimum absolute atomic E-state index is 0.144. The minimum Gasteiger partial charge on any atom is -0.379 e. The number of benzene rings is 1. The predicted octanol–water partition coefficient (Wildman–Crippen LogP) is 2.88. The van der Waals surface area contributed by atoms with Crippen LogP contribution >= 0.6 is 0 Å². The Morgan fingerprint density at radius 1 is 1.44 bits per heavy atom. The first-order chi connectivity index (χ1) is 8.63. The van der Waals surface area contributed by atoms with Crippen molar-refractivity contribution in [2.75, 3.05) is 12.4 Å². The van der Waals surface area contributed by atoms with Gasteiger partial charge in [0.2, 0.25) is 0 Å². The van der Waals surface area contributed by atoms with Crippen LogP contribution in [0.1, 0.15) is 24.8 Å². The fourth-order valence-electron chi connectivity index (χ4n) is 2.59. The van der Waals surface area contributed by atoms with Gasteiger partial charge < -0.3 is 10.1 Å². The lowest BCUT2D eigenvalue weighted by molar-refractivity contribution is -0.384. The van der Waals surface area contributed by atoms with Crippen LogP contribution in [0.4, 0.5) is 11.4 Å².